The van der Waals surface area contributed by atoms with Gasteiger partial charge in [0.1, 0.15) is 5.75 Å². The molecule has 6 nitrogen and oxygen atoms in total. The van der Waals surface area contributed by atoms with Crippen LogP contribution in [0.1, 0.15) is 5.56 Å². The van der Waals surface area contributed by atoms with Crippen LogP contribution in [0.4, 0.5) is 5.69 Å². The van der Waals surface area contributed by atoms with Crippen LogP contribution in [0.2, 0.25) is 0 Å². The highest BCUT2D eigenvalue weighted by Gasteiger charge is 2.13. The summed E-state index contributed by atoms with van der Waals surface area (Å²) in [5, 5.41) is 6.79. The molecule has 0 aromatic heterocycles. The lowest BCUT2D eigenvalue weighted by molar-refractivity contribution is 0.323. The SMILES string of the molecule is COc1ccc(NC(=S)NCc2cc(OC)c(OC)c(OC)c2)cc1. The van der Waals surface area contributed by atoms with Crippen LogP contribution >= 0.6 is 12.2 Å². The molecule has 0 saturated carbocycles. The lowest BCUT2D eigenvalue weighted by atomic mass is 10.2. The van der Waals surface area contributed by atoms with Crippen molar-refractivity contribution in [1.29, 1.82) is 0 Å². The van der Waals surface area contributed by atoms with Crippen LogP contribution in [-0.4, -0.2) is 33.6 Å². The Hall–Kier alpha value is -2.67. The summed E-state index contributed by atoms with van der Waals surface area (Å²) >= 11 is 5.33. The molecule has 0 aliphatic rings. The quantitative estimate of drug-likeness (QED) is 0.734. The van der Waals surface area contributed by atoms with E-state index in [2.05, 4.69) is 10.6 Å². The lowest BCUT2D eigenvalue weighted by Gasteiger charge is -2.15. The Morgan fingerprint density at radius 1 is 0.880 bits per heavy atom. The van der Waals surface area contributed by atoms with Gasteiger partial charge in [0.25, 0.3) is 0 Å². The average Bonchev–Trinajstić information content (AvgIpc) is 2.65. The highest BCUT2D eigenvalue weighted by Crippen LogP contribution is 2.38. The molecule has 0 radical (unpaired) electrons. The normalized spacial score (nSPS) is 9.92. The number of hydrogen-bond donors (Lipinski definition) is 2. The summed E-state index contributed by atoms with van der Waals surface area (Å²) in [6.45, 7) is 0.513. The molecule has 0 bridgehead atoms. The highest BCUT2D eigenvalue weighted by atomic mass is 32.1. The second-order valence-corrected chi connectivity index (χ2v) is 5.48. The molecule has 134 valence electrons. The fourth-order valence-corrected chi connectivity index (χ4v) is 2.46. The predicted molar refractivity (Wildman–Crippen MR) is 102 cm³/mol. The molecule has 0 unspecified atom stereocenters. The number of rotatable bonds is 7. The van der Waals surface area contributed by atoms with Crippen molar-refractivity contribution in [2.75, 3.05) is 33.8 Å². The van der Waals surface area contributed by atoms with Crippen molar-refractivity contribution < 1.29 is 18.9 Å². The van der Waals surface area contributed by atoms with Crippen molar-refractivity contribution in [1.82, 2.24) is 5.32 Å². The first-order valence-electron chi connectivity index (χ1n) is 7.59. The van der Waals surface area contributed by atoms with E-state index in [0.717, 1.165) is 17.0 Å². The van der Waals surface area contributed by atoms with Crippen molar-refractivity contribution in [3.8, 4) is 23.0 Å². The number of anilines is 1. The van der Waals surface area contributed by atoms with E-state index in [1.54, 1.807) is 28.4 Å². The van der Waals surface area contributed by atoms with Gasteiger partial charge in [0.05, 0.1) is 28.4 Å². The molecule has 0 spiro atoms. The first kappa shape index (κ1) is 18.7. The van der Waals surface area contributed by atoms with E-state index < -0.39 is 0 Å². The minimum absolute atomic E-state index is 0.513. The van der Waals surface area contributed by atoms with E-state index in [4.69, 9.17) is 31.2 Å². The van der Waals surface area contributed by atoms with E-state index in [9.17, 15) is 0 Å². The van der Waals surface area contributed by atoms with Crippen LogP contribution in [0.25, 0.3) is 0 Å². The third kappa shape index (κ3) is 4.90. The van der Waals surface area contributed by atoms with E-state index >= 15 is 0 Å². The largest absolute Gasteiger partial charge is 0.497 e. The van der Waals surface area contributed by atoms with Gasteiger partial charge in [-0.25, -0.2) is 0 Å². The fraction of sp³-hybridized carbons (Fsp3) is 0.278. The molecule has 2 rings (SSSR count). The third-order valence-corrected chi connectivity index (χ3v) is 3.77. The third-order valence-electron chi connectivity index (χ3n) is 3.53. The Bertz CT molecular complexity index is 695. The first-order valence-corrected chi connectivity index (χ1v) is 8.00. The van der Waals surface area contributed by atoms with Crippen LogP contribution in [0.5, 0.6) is 23.0 Å². The van der Waals surface area contributed by atoms with Crippen LogP contribution in [-0.2, 0) is 6.54 Å². The highest BCUT2D eigenvalue weighted by molar-refractivity contribution is 7.80. The van der Waals surface area contributed by atoms with Gasteiger partial charge >= 0.3 is 0 Å². The molecule has 0 atom stereocenters. The number of methoxy groups -OCH3 is 4. The topological polar surface area (TPSA) is 61.0 Å². The maximum atomic E-state index is 5.35. The van der Waals surface area contributed by atoms with Crippen molar-refractivity contribution in [3.63, 3.8) is 0 Å². The molecule has 7 heteroatoms. The van der Waals surface area contributed by atoms with Crippen LogP contribution < -0.4 is 29.6 Å². The molecular formula is C18H22N2O4S. The summed E-state index contributed by atoms with van der Waals surface area (Å²) in [6.07, 6.45) is 0. The minimum Gasteiger partial charge on any atom is -0.497 e. The van der Waals surface area contributed by atoms with Crippen molar-refractivity contribution >= 4 is 23.0 Å². The molecule has 0 amide bonds. The lowest BCUT2D eigenvalue weighted by Crippen LogP contribution is -2.27. The Labute approximate surface area is 153 Å². The van der Waals surface area contributed by atoms with Gasteiger partial charge in [0, 0.05) is 12.2 Å². The Morgan fingerprint density at radius 2 is 1.48 bits per heavy atom. The molecule has 0 fully saturated rings. The first-order chi connectivity index (χ1) is 12.1. The Morgan fingerprint density at radius 3 is 1.96 bits per heavy atom. The van der Waals surface area contributed by atoms with E-state index in [0.29, 0.717) is 28.9 Å². The van der Waals surface area contributed by atoms with Gasteiger partial charge < -0.3 is 29.6 Å². The van der Waals surface area contributed by atoms with Crippen molar-refractivity contribution in [2.45, 2.75) is 6.54 Å². The molecule has 0 aliphatic carbocycles. The molecule has 2 N–H and O–H groups in total. The van der Waals surface area contributed by atoms with Crippen LogP contribution in [0.3, 0.4) is 0 Å². The minimum atomic E-state index is 0.513. The zero-order chi connectivity index (χ0) is 18.2. The summed E-state index contributed by atoms with van der Waals surface area (Å²) < 4.78 is 21.2. The summed E-state index contributed by atoms with van der Waals surface area (Å²) in [5.41, 5.74) is 1.83. The van der Waals surface area contributed by atoms with Gasteiger partial charge in [-0.15, -0.1) is 0 Å². The van der Waals surface area contributed by atoms with Crippen molar-refractivity contribution in [3.05, 3.63) is 42.0 Å². The molecular weight excluding hydrogens is 340 g/mol. The molecule has 0 saturated heterocycles. The zero-order valence-corrected chi connectivity index (χ0v) is 15.5. The second-order valence-electron chi connectivity index (χ2n) is 5.07. The molecule has 0 heterocycles. The maximum absolute atomic E-state index is 5.35. The van der Waals surface area contributed by atoms with E-state index in [1.807, 2.05) is 36.4 Å². The monoisotopic (exact) mass is 362 g/mol. The Kier molecular flexibility index (Phi) is 6.71. The number of nitrogens with one attached hydrogen (secondary N) is 2. The van der Waals surface area contributed by atoms with Gasteiger partial charge in [-0.1, -0.05) is 0 Å². The van der Waals surface area contributed by atoms with Gasteiger partial charge in [0.2, 0.25) is 5.75 Å². The van der Waals surface area contributed by atoms with Gasteiger partial charge in [0.15, 0.2) is 16.6 Å². The zero-order valence-electron chi connectivity index (χ0n) is 14.7. The number of thiocarbonyl (C=S) groups is 1. The van der Waals surface area contributed by atoms with E-state index in [1.165, 1.54) is 0 Å². The standard InChI is InChI=1S/C18H22N2O4S/c1-21-14-7-5-13(6-8-14)20-18(25)19-11-12-9-15(22-2)17(24-4)16(10-12)23-3/h5-10H,11H2,1-4H3,(H2,19,20,25). The van der Waals surface area contributed by atoms with Crippen LogP contribution in [0.15, 0.2) is 36.4 Å². The number of benzene rings is 2. The van der Waals surface area contributed by atoms with Gasteiger partial charge in [-0.3, -0.25) is 0 Å². The molecule has 2 aromatic rings. The second kappa shape index (κ2) is 8.98. The van der Waals surface area contributed by atoms with Crippen molar-refractivity contribution in [2.24, 2.45) is 0 Å². The maximum Gasteiger partial charge on any atom is 0.203 e. The number of ether oxygens (including phenoxy) is 4. The summed E-state index contributed by atoms with van der Waals surface area (Å²) in [7, 11) is 6.38. The van der Waals surface area contributed by atoms with Gasteiger partial charge in [-0.05, 0) is 54.2 Å². The summed E-state index contributed by atoms with van der Waals surface area (Å²) in [4.78, 5) is 0. The van der Waals surface area contributed by atoms with E-state index in [-0.39, 0.29) is 0 Å². The smallest absolute Gasteiger partial charge is 0.203 e. The molecule has 0 aliphatic heterocycles. The average molecular weight is 362 g/mol. The summed E-state index contributed by atoms with van der Waals surface area (Å²) in [5.74, 6) is 2.56. The fourth-order valence-electron chi connectivity index (χ4n) is 2.27. The molecule has 25 heavy (non-hydrogen) atoms. The Balaban J connectivity index is 2.01. The number of hydrogen-bond acceptors (Lipinski definition) is 5. The van der Waals surface area contributed by atoms with Crippen LogP contribution in [0, 0.1) is 0 Å². The predicted octanol–water partition coefficient (Wildman–Crippen LogP) is 3.21. The summed E-state index contributed by atoms with van der Waals surface area (Å²) in [6, 6.07) is 11.3. The van der Waals surface area contributed by atoms with Gasteiger partial charge in [-0.2, -0.15) is 0 Å². The molecule has 2 aromatic carbocycles.